The number of nitrogens with one attached hydrogen (secondary N) is 1. The highest BCUT2D eigenvalue weighted by Gasteiger charge is 2.24. The average Bonchev–Trinajstić information content (AvgIpc) is 3.50. The van der Waals surface area contributed by atoms with Crippen LogP contribution in [0.15, 0.2) is 35.7 Å². The van der Waals surface area contributed by atoms with Crippen LogP contribution < -0.4 is 5.32 Å². The number of carbonyl (C=O) groups excluding carboxylic acids is 1. The second-order valence-electron chi connectivity index (χ2n) is 8.55. The van der Waals surface area contributed by atoms with Crippen LogP contribution in [-0.2, 0) is 16.1 Å². The summed E-state index contributed by atoms with van der Waals surface area (Å²) in [6.45, 7) is 9.43. The van der Waals surface area contributed by atoms with Crippen molar-refractivity contribution >= 4 is 23.5 Å². The largest absolute Gasteiger partial charge is 0.376 e. The van der Waals surface area contributed by atoms with Crippen LogP contribution in [0.5, 0.6) is 0 Å². The molecule has 7 nitrogen and oxygen atoms in total. The van der Waals surface area contributed by atoms with Crippen molar-refractivity contribution in [1.82, 2.24) is 14.1 Å². The SMILES string of the molecule is Cc1cc(C)cc(-n2ccnc2SCC(=O)Nc2c(C#N)c(C)c(C)n2C[C@@H]2CCCO2)c1. The highest BCUT2D eigenvalue weighted by atomic mass is 32.2. The second kappa shape index (κ2) is 9.86. The fourth-order valence-electron chi connectivity index (χ4n) is 4.33. The second-order valence-corrected chi connectivity index (χ2v) is 9.50. The summed E-state index contributed by atoms with van der Waals surface area (Å²) in [4.78, 5) is 17.4. The van der Waals surface area contributed by atoms with E-state index < -0.39 is 0 Å². The van der Waals surface area contributed by atoms with Crippen LogP contribution in [0.4, 0.5) is 5.82 Å². The molecule has 1 N–H and O–H groups in total. The Balaban J connectivity index is 1.50. The maximum absolute atomic E-state index is 12.9. The van der Waals surface area contributed by atoms with Crippen molar-refractivity contribution in [2.75, 3.05) is 17.7 Å². The predicted molar refractivity (Wildman–Crippen MR) is 130 cm³/mol. The van der Waals surface area contributed by atoms with Gasteiger partial charge in [0.1, 0.15) is 11.9 Å². The Morgan fingerprint density at radius 2 is 2.03 bits per heavy atom. The molecular weight excluding hydrogens is 434 g/mol. The number of benzene rings is 1. The van der Waals surface area contributed by atoms with Gasteiger partial charge in [-0.15, -0.1) is 0 Å². The van der Waals surface area contributed by atoms with Crippen molar-refractivity contribution in [3.63, 3.8) is 0 Å². The Hall–Kier alpha value is -3.02. The molecule has 1 fully saturated rings. The third-order valence-corrected chi connectivity index (χ3v) is 7.00. The number of aromatic nitrogens is 3. The molecule has 0 saturated carbocycles. The van der Waals surface area contributed by atoms with Crippen molar-refractivity contribution in [1.29, 1.82) is 5.26 Å². The lowest BCUT2D eigenvalue weighted by Crippen LogP contribution is -2.22. The minimum atomic E-state index is -0.169. The molecule has 3 aromatic rings. The standard InChI is InChI=1S/C25H29N5O2S/c1-16-10-17(2)12-20(11-16)29-8-7-27-25(29)33-15-23(31)28-24-22(13-26)18(3)19(4)30(24)14-21-6-5-9-32-21/h7-8,10-12,21H,5-6,9,14-15H2,1-4H3,(H,28,31)/t21-/m0/s1. The van der Waals surface area contributed by atoms with Gasteiger partial charge in [0.2, 0.25) is 5.91 Å². The summed E-state index contributed by atoms with van der Waals surface area (Å²) in [6.07, 6.45) is 5.79. The van der Waals surface area contributed by atoms with Gasteiger partial charge in [0.15, 0.2) is 5.16 Å². The van der Waals surface area contributed by atoms with Crippen LogP contribution in [-0.4, -0.2) is 38.5 Å². The first-order valence-electron chi connectivity index (χ1n) is 11.1. The molecule has 4 rings (SSSR count). The van der Waals surface area contributed by atoms with Crippen LogP contribution in [0.1, 0.15) is 40.8 Å². The van der Waals surface area contributed by atoms with E-state index in [4.69, 9.17) is 4.74 Å². The first kappa shape index (κ1) is 23.1. The number of thioether (sulfide) groups is 1. The number of amides is 1. The first-order valence-corrected chi connectivity index (χ1v) is 12.1. The maximum atomic E-state index is 12.9. The monoisotopic (exact) mass is 463 g/mol. The molecule has 3 heterocycles. The number of aryl methyl sites for hydroxylation is 2. The van der Waals surface area contributed by atoms with Crippen molar-refractivity contribution in [2.24, 2.45) is 0 Å². The smallest absolute Gasteiger partial charge is 0.235 e. The van der Waals surface area contributed by atoms with E-state index in [1.165, 1.54) is 22.9 Å². The number of nitrogens with zero attached hydrogens (tertiary/aromatic N) is 4. The van der Waals surface area contributed by atoms with Gasteiger partial charge in [-0.1, -0.05) is 17.8 Å². The zero-order valence-electron chi connectivity index (χ0n) is 19.5. The molecule has 1 aliphatic heterocycles. The van der Waals surface area contributed by atoms with Gasteiger partial charge in [0.25, 0.3) is 0 Å². The van der Waals surface area contributed by atoms with Gasteiger partial charge in [0.05, 0.1) is 24.0 Å². The lowest BCUT2D eigenvalue weighted by molar-refractivity contribution is -0.113. The van der Waals surface area contributed by atoms with Gasteiger partial charge in [-0.25, -0.2) is 4.98 Å². The van der Waals surface area contributed by atoms with Crippen molar-refractivity contribution < 1.29 is 9.53 Å². The summed E-state index contributed by atoms with van der Waals surface area (Å²) in [5.74, 6) is 0.583. The lowest BCUT2D eigenvalue weighted by Gasteiger charge is -2.17. The Morgan fingerprint density at radius 1 is 1.27 bits per heavy atom. The third-order valence-electron chi connectivity index (χ3n) is 6.03. The molecular formula is C25H29N5O2S. The summed E-state index contributed by atoms with van der Waals surface area (Å²) in [5, 5.41) is 13.5. The molecule has 1 amide bonds. The van der Waals surface area contributed by atoms with Gasteiger partial charge in [-0.3, -0.25) is 9.36 Å². The Morgan fingerprint density at radius 3 is 2.70 bits per heavy atom. The molecule has 0 spiro atoms. The van der Waals surface area contributed by atoms with E-state index in [1.54, 1.807) is 6.20 Å². The van der Waals surface area contributed by atoms with E-state index in [0.29, 0.717) is 17.9 Å². The molecule has 1 aromatic carbocycles. The molecule has 0 radical (unpaired) electrons. The normalized spacial score (nSPS) is 15.5. The van der Waals surface area contributed by atoms with Gasteiger partial charge in [-0.2, -0.15) is 5.26 Å². The quantitative estimate of drug-likeness (QED) is 0.514. The highest BCUT2D eigenvalue weighted by Crippen LogP contribution is 2.29. The number of ether oxygens (including phenoxy) is 1. The van der Waals surface area contributed by atoms with E-state index >= 15 is 0 Å². The van der Waals surface area contributed by atoms with Crippen LogP contribution >= 0.6 is 11.8 Å². The van der Waals surface area contributed by atoms with E-state index in [2.05, 4.69) is 48.4 Å². The van der Waals surface area contributed by atoms with Crippen LogP contribution in [0.3, 0.4) is 0 Å². The molecule has 8 heteroatoms. The zero-order valence-corrected chi connectivity index (χ0v) is 20.3. The maximum Gasteiger partial charge on any atom is 0.235 e. The Bertz CT molecular complexity index is 1190. The summed E-state index contributed by atoms with van der Waals surface area (Å²) in [5.41, 5.74) is 5.76. The molecule has 1 atom stereocenters. The van der Waals surface area contributed by atoms with Gasteiger partial charge in [0, 0.05) is 30.4 Å². The molecule has 2 aromatic heterocycles. The predicted octanol–water partition coefficient (Wildman–Crippen LogP) is 4.69. The average molecular weight is 464 g/mol. The van der Waals surface area contributed by atoms with Crippen LogP contribution in [0.2, 0.25) is 0 Å². The number of carbonyl (C=O) groups is 1. The van der Waals surface area contributed by atoms with Crippen molar-refractivity contribution in [2.45, 2.75) is 58.3 Å². The number of rotatable bonds is 7. The first-order chi connectivity index (χ1) is 15.9. The summed E-state index contributed by atoms with van der Waals surface area (Å²) in [7, 11) is 0. The topological polar surface area (TPSA) is 84.9 Å². The zero-order chi connectivity index (χ0) is 23.5. The molecule has 1 saturated heterocycles. The number of anilines is 1. The number of nitriles is 1. The lowest BCUT2D eigenvalue weighted by atomic mass is 10.1. The van der Waals surface area contributed by atoms with E-state index in [-0.39, 0.29) is 17.8 Å². The summed E-state index contributed by atoms with van der Waals surface area (Å²) >= 11 is 1.37. The summed E-state index contributed by atoms with van der Waals surface area (Å²) < 4.78 is 9.80. The van der Waals surface area contributed by atoms with Gasteiger partial charge < -0.3 is 14.6 Å². The molecule has 0 unspecified atom stereocenters. The van der Waals surface area contributed by atoms with Gasteiger partial charge >= 0.3 is 0 Å². The number of hydrogen-bond donors (Lipinski definition) is 1. The summed E-state index contributed by atoms with van der Waals surface area (Å²) in [6, 6.07) is 8.59. The Kier molecular flexibility index (Phi) is 6.91. The van der Waals surface area contributed by atoms with Crippen molar-refractivity contribution in [3.05, 3.63) is 58.5 Å². The minimum Gasteiger partial charge on any atom is -0.376 e. The van der Waals surface area contributed by atoms with Crippen LogP contribution in [0, 0.1) is 39.0 Å². The van der Waals surface area contributed by atoms with E-state index in [1.807, 2.05) is 29.2 Å². The fourth-order valence-corrected chi connectivity index (χ4v) is 5.10. The molecule has 0 bridgehead atoms. The molecule has 172 valence electrons. The molecule has 0 aliphatic carbocycles. The van der Waals surface area contributed by atoms with Gasteiger partial charge in [-0.05, 0) is 69.4 Å². The molecule has 1 aliphatic rings. The Labute approximate surface area is 198 Å². The third kappa shape index (κ3) is 5.00. The number of hydrogen-bond acceptors (Lipinski definition) is 5. The number of imidazole rings is 1. The minimum absolute atomic E-state index is 0.109. The van der Waals surface area contributed by atoms with Crippen LogP contribution in [0.25, 0.3) is 5.69 Å². The highest BCUT2D eigenvalue weighted by molar-refractivity contribution is 7.99. The van der Waals surface area contributed by atoms with E-state index in [9.17, 15) is 10.1 Å². The van der Waals surface area contributed by atoms with Crippen molar-refractivity contribution in [3.8, 4) is 11.8 Å². The molecule has 33 heavy (non-hydrogen) atoms. The van der Waals surface area contributed by atoms with E-state index in [0.717, 1.165) is 41.5 Å². The fraction of sp³-hybridized carbons (Fsp3) is 0.400.